The third-order valence-electron chi connectivity index (χ3n) is 4.40. The highest BCUT2D eigenvalue weighted by Gasteiger charge is 2.49. The van der Waals surface area contributed by atoms with Crippen molar-refractivity contribution in [2.24, 2.45) is 4.99 Å². The minimum Gasteiger partial charge on any atom is -0.313 e. The fourth-order valence-electron chi connectivity index (χ4n) is 3.23. The summed E-state index contributed by atoms with van der Waals surface area (Å²) in [7, 11) is -3.19. The summed E-state index contributed by atoms with van der Waals surface area (Å²) in [6.07, 6.45) is 0. The number of carbonyl (C=O) groups excluding carboxylic acids is 1. The number of hydrogen-bond donors (Lipinski definition) is 0. The molecule has 1 amide bonds. The Hall–Kier alpha value is -2.19. The summed E-state index contributed by atoms with van der Waals surface area (Å²) in [4.78, 5) is 18.2. The van der Waals surface area contributed by atoms with Gasteiger partial charge in [-0.2, -0.15) is 4.99 Å². The van der Waals surface area contributed by atoms with Gasteiger partial charge in [-0.05, 0) is 24.3 Å². The van der Waals surface area contributed by atoms with Crippen molar-refractivity contribution in [1.29, 1.82) is 0 Å². The van der Waals surface area contributed by atoms with Crippen molar-refractivity contribution in [3.63, 3.8) is 0 Å². The molecule has 2 aliphatic heterocycles. The molecular weight excluding hydrogens is 375 g/mol. The lowest BCUT2D eigenvalue weighted by Gasteiger charge is -2.24. The number of para-hydroxylation sites is 1. The van der Waals surface area contributed by atoms with Gasteiger partial charge in [-0.1, -0.05) is 42.1 Å². The Kier molecular flexibility index (Phi) is 4.32. The van der Waals surface area contributed by atoms with Gasteiger partial charge in [-0.3, -0.25) is 4.79 Å². The molecule has 2 saturated heterocycles. The second kappa shape index (κ2) is 6.51. The van der Waals surface area contributed by atoms with Crippen LogP contribution in [0, 0.1) is 5.82 Å². The van der Waals surface area contributed by atoms with E-state index in [1.807, 2.05) is 0 Å². The predicted molar refractivity (Wildman–Crippen MR) is 101 cm³/mol. The van der Waals surface area contributed by atoms with E-state index in [4.69, 9.17) is 0 Å². The van der Waals surface area contributed by atoms with E-state index in [1.165, 1.54) is 17.8 Å². The van der Waals surface area contributed by atoms with Gasteiger partial charge in [-0.25, -0.2) is 12.8 Å². The molecule has 0 saturated carbocycles. The van der Waals surface area contributed by atoms with Gasteiger partial charge in [0.15, 0.2) is 15.0 Å². The summed E-state index contributed by atoms with van der Waals surface area (Å²) in [5, 5.41) is 0.0794. The van der Waals surface area contributed by atoms with E-state index < -0.39 is 27.6 Å². The molecule has 134 valence electrons. The van der Waals surface area contributed by atoms with Crippen LogP contribution in [0.1, 0.15) is 10.4 Å². The summed E-state index contributed by atoms with van der Waals surface area (Å²) in [6, 6.07) is 14.3. The fourth-order valence-corrected chi connectivity index (χ4v) is 7.13. The normalized spacial score (nSPS) is 25.4. The van der Waals surface area contributed by atoms with E-state index in [0.29, 0.717) is 10.7 Å². The SMILES string of the molecule is O=C(N=C1SC2CS(=O)(=O)CC2N1c1ccccc1F)c1ccccc1. The summed E-state index contributed by atoms with van der Waals surface area (Å²) >= 11 is 1.23. The Morgan fingerprint density at radius 2 is 1.77 bits per heavy atom. The fraction of sp³-hybridized carbons (Fsp3) is 0.222. The zero-order chi connectivity index (χ0) is 18.3. The topological polar surface area (TPSA) is 66.8 Å². The van der Waals surface area contributed by atoms with Crippen LogP contribution in [0.5, 0.6) is 0 Å². The molecule has 2 aromatic carbocycles. The zero-order valence-corrected chi connectivity index (χ0v) is 15.2. The number of amidine groups is 1. The third-order valence-corrected chi connectivity index (χ3v) is 7.61. The first-order valence-corrected chi connectivity index (χ1v) is 10.7. The van der Waals surface area contributed by atoms with Crippen molar-refractivity contribution in [2.45, 2.75) is 11.3 Å². The number of carbonyl (C=O) groups is 1. The highest BCUT2D eigenvalue weighted by Crippen LogP contribution is 2.41. The van der Waals surface area contributed by atoms with Crippen LogP contribution in [0.25, 0.3) is 0 Å². The first kappa shape index (κ1) is 17.2. The van der Waals surface area contributed by atoms with E-state index in [2.05, 4.69) is 4.99 Å². The monoisotopic (exact) mass is 390 g/mol. The van der Waals surface area contributed by atoms with E-state index in [9.17, 15) is 17.6 Å². The Morgan fingerprint density at radius 3 is 2.50 bits per heavy atom. The summed E-state index contributed by atoms with van der Waals surface area (Å²) in [5.74, 6) is -0.973. The van der Waals surface area contributed by atoms with Gasteiger partial charge in [0.2, 0.25) is 0 Å². The van der Waals surface area contributed by atoms with Gasteiger partial charge in [0.25, 0.3) is 5.91 Å². The first-order chi connectivity index (χ1) is 12.4. The number of nitrogens with zero attached hydrogens (tertiary/aromatic N) is 2. The number of thioether (sulfide) groups is 1. The Bertz CT molecular complexity index is 993. The zero-order valence-electron chi connectivity index (χ0n) is 13.6. The van der Waals surface area contributed by atoms with Gasteiger partial charge >= 0.3 is 0 Å². The van der Waals surface area contributed by atoms with Crippen molar-refractivity contribution < 1.29 is 17.6 Å². The van der Waals surface area contributed by atoms with Crippen molar-refractivity contribution in [3.05, 3.63) is 66.0 Å². The van der Waals surface area contributed by atoms with Crippen molar-refractivity contribution in [1.82, 2.24) is 0 Å². The van der Waals surface area contributed by atoms with Crippen LogP contribution in [0.15, 0.2) is 59.6 Å². The summed E-state index contributed by atoms with van der Waals surface area (Å²) in [6.45, 7) is 0. The minimum absolute atomic E-state index is 0.00579. The first-order valence-electron chi connectivity index (χ1n) is 8.03. The Labute approximate surface area is 154 Å². The standard InChI is InChI=1S/C18H15FN2O3S2/c19-13-8-4-5-9-14(13)21-15-10-26(23,24)11-16(15)25-18(21)20-17(22)12-6-2-1-3-7-12/h1-9,15-16H,10-11H2. The molecule has 2 aliphatic rings. The van der Waals surface area contributed by atoms with Crippen LogP contribution in [0.2, 0.25) is 0 Å². The molecule has 0 aromatic heterocycles. The Morgan fingerprint density at radius 1 is 1.08 bits per heavy atom. The van der Waals surface area contributed by atoms with Gasteiger partial charge in [0.05, 0.1) is 23.2 Å². The lowest BCUT2D eigenvalue weighted by molar-refractivity contribution is 0.100. The van der Waals surface area contributed by atoms with Crippen LogP contribution >= 0.6 is 11.8 Å². The van der Waals surface area contributed by atoms with Gasteiger partial charge in [0.1, 0.15) is 5.82 Å². The second-order valence-electron chi connectivity index (χ2n) is 6.19. The molecule has 8 heteroatoms. The number of halogens is 1. The number of benzene rings is 2. The van der Waals surface area contributed by atoms with Crippen molar-refractivity contribution in [2.75, 3.05) is 16.4 Å². The number of anilines is 1. The van der Waals surface area contributed by atoms with Gasteiger partial charge in [0, 0.05) is 10.8 Å². The van der Waals surface area contributed by atoms with Crippen LogP contribution in [0.3, 0.4) is 0 Å². The van der Waals surface area contributed by atoms with Crippen LogP contribution < -0.4 is 4.90 Å². The van der Waals surface area contributed by atoms with Gasteiger partial charge in [-0.15, -0.1) is 0 Å². The van der Waals surface area contributed by atoms with Gasteiger partial charge < -0.3 is 4.90 Å². The van der Waals surface area contributed by atoms with Crippen LogP contribution in [-0.4, -0.2) is 42.3 Å². The van der Waals surface area contributed by atoms with Crippen molar-refractivity contribution >= 4 is 38.4 Å². The molecule has 0 spiro atoms. The van der Waals surface area contributed by atoms with Crippen molar-refractivity contribution in [3.8, 4) is 0 Å². The number of amides is 1. The average Bonchev–Trinajstić information content (AvgIpc) is 3.07. The lowest BCUT2D eigenvalue weighted by atomic mass is 10.2. The molecule has 4 rings (SSSR count). The maximum atomic E-state index is 14.4. The van der Waals surface area contributed by atoms with E-state index in [1.54, 1.807) is 53.4 Å². The Balaban J connectivity index is 1.75. The molecule has 5 nitrogen and oxygen atoms in total. The molecule has 2 aromatic rings. The summed E-state index contributed by atoms with van der Waals surface area (Å²) < 4.78 is 38.4. The maximum absolute atomic E-state index is 14.4. The molecule has 0 radical (unpaired) electrons. The van der Waals surface area contributed by atoms with E-state index in [-0.39, 0.29) is 22.4 Å². The quantitative estimate of drug-likeness (QED) is 0.789. The number of rotatable bonds is 2. The lowest BCUT2D eigenvalue weighted by Crippen LogP contribution is -2.38. The molecule has 2 unspecified atom stereocenters. The summed E-state index contributed by atoms with van der Waals surface area (Å²) in [5.41, 5.74) is 0.669. The maximum Gasteiger partial charge on any atom is 0.279 e. The molecule has 0 aliphatic carbocycles. The van der Waals surface area contributed by atoms with E-state index >= 15 is 0 Å². The predicted octanol–water partition coefficient (Wildman–Crippen LogP) is 2.74. The largest absolute Gasteiger partial charge is 0.313 e. The molecule has 26 heavy (non-hydrogen) atoms. The molecular formula is C18H15FN2O3S2. The molecule has 0 bridgehead atoms. The molecule has 2 atom stereocenters. The highest BCUT2D eigenvalue weighted by molar-refractivity contribution is 8.16. The smallest absolute Gasteiger partial charge is 0.279 e. The van der Waals surface area contributed by atoms with Crippen LogP contribution in [0.4, 0.5) is 10.1 Å². The number of hydrogen-bond acceptors (Lipinski definition) is 4. The highest BCUT2D eigenvalue weighted by atomic mass is 32.2. The van der Waals surface area contributed by atoms with Crippen LogP contribution in [-0.2, 0) is 9.84 Å². The molecule has 0 N–H and O–H groups in total. The third kappa shape index (κ3) is 3.14. The molecule has 2 heterocycles. The number of fused-ring (bicyclic) bond motifs is 1. The molecule has 2 fully saturated rings. The second-order valence-corrected chi connectivity index (χ2v) is 9.55. The van der Waals surface area contributed by atoms with E-state index in [0.717, 1.165) is 0 Å². The number of aliphatic imine (C=N–C) groups is 1. The average molecular weight is 390 g/mol. The minimum atomic E-state index is -3.19. The number of sulfone groups is 1.